The number of aliphatic hydroxyl groups is 2. The quantitative estimate of drug-likeness (QED) is 0.0635. The third kappa shape index (κ3) is 8.58. The second kappa shape index (κ2) is 16.3. The number of carboxylic acids is 1. The molecule has 8 unspecified atom stereocenters. The molecule has 2 aliphatic rings. The molecule has 8 atom stereocenters. The number of benzene rings is 1. The first-order chi connectivity index (χ1) is 23.6. The fourth-order valence-corrected chi connectivity index (χ4v) is 7.63. The summed E-state index contributed by atoms with van der Waals surface area (Å²) >= 11 is 0. The van der Waals surface area contributed by atoms with E-state index in [0.29, 0.717) is 24.0 Å². The molecule has 2 aromatic heterocycles. The van der Waals surface area contributed by atoms with Crippen LogP contribution in [0.25, 0.3) is 10.9 Å². The Kier molecular flexibility index (Phi) is 11.9. The largest absolute Gasteiger partial charge is 0.480 e. The molecule has 0 radical (unpaired) electrons. The van der Waals surface area contributed by atoms with Crippen LogP contribution in [-0.2, 0) is 16.0 Å². The zero-order chi connectivity index (χ0) is 35.1. The predicted molar refractivity (Wildman–Crippen MR) is 191 cm³/mol. The molecule has 1 aromatic carbocycles. The number of amides is 1. The molecule has 3 aromatic rings. The molecule has 9 heteroatoms. The monoisotopic (exact) mass is 667 g/mol. The van der Waals surface area contributed by atoms with Crippen molar-refractivity contribution in [1.29, 1.82) is 0 Å². The first-order valence-electron chi connectivity index (χ1n) is 17.4. The normalized spacial score (nSPS) is 24.6. The van der Waals surface area contributed by atoms with Gasteiger partial charge in [0.2, 0.25) is 5.91 Å². The Labute approximate surface area is 287 Å². The van der Waals surface area contributed by atoms with Crippen molar-refractivity contribution in [2.75, 3.05) is 0 Å². The number of aromatic nitrogens is 2. The van der Waals surface area contributed by atoms with Crippen LogP contribution in [-0.4, -0.2) is 61.2 Å². The van der Waals surface area contributed by atoms with E-state index in [0.717, 1.165) is 40.5 Å². The van der Waals surface area contributed by atoms with Gasteiger partial charge in [0.25, 0.3) is 0 Å². The molecule has 0 saturated heterocycles. The first-order valence-corrected chi connectivity index (χ1v) is 17.4. The zero-order valence-corrected chi connectivity index (χ0v) is 28.5. The summed E-state index contributed by atoms with van der Waals surface area (Å²) in [6, 6.07) is 10.1. The highest BCUT2D eigenvalue weighted by atomic mass is 16.4. The highest BCUT2D eigenvalue weighted by Crippen LogP contribution is 2.49. The fraction of sp³-hybridized carbons (Fsp3) is 0.425. The van der Waals surface area contributed by atoms with Crippen molar-refractivity contribution >= 4 is 28.6 Å². The number of H-pyrrole nitrogens is 2. The van der Waals surface area contributed by atoms with E-state index in [9.17, 15) is 29.7 Å². The van der Waals surface area contributed by atoms with Gasteiger partial charge < -0.3 is 30.6 Å². The number of rotatable bonds is 15. The average molecular weight is 668 g/mol. The fourth-order valence-electron chi connectivity index (χ4n) is 7.63. The number of allylic oxidation sites excluding steroid dienone is 5. The molecule has 6 N–H and O–H groups in total. The molecule has 1 fully saturated rings. The van der Waals surface area contributed by atoms with Crippen LogP contribution in [0.5, 0.6) is 0 Å². The Bertz CT molecular complexity index is 1730. The van der Waals surface area contributed by atoms with Crippen LogP contribution < -0.4 is 5.32 Å². The topological polar surface area (TPSA) is 156 Å². The molecule has 9 nitrogen and oxygen atoms in total. The number of aromatic amines is 2. The average Bonchev–Trinajstić information content (AvgIpc) is 3.85. The summed E-state index contributed by atoms with van der Waals surface area (Å²) in [5, 5.41) is 35.0. The van der Waals surface area contributed by atoms with E-state index in [1.54, 1.807) is 30.6 Å². The molecular formula is C40H49N3O6. The number of ketones is 1. The highest BCUT2D eigenvalue weighted by Gasteiger charge is 2.45. The van der Waals surface area contributed by atoms with Crippen LogP contribution in [0, 0.1) is 29.6 Å². The van der Waals surface area contributed by atoms with Crippen LogP contribution in [0.4, 0.5) is 0 Å². The maximum Gasteiger partial charge on any atom is 0.326 e. The molecule has 5 rings (SSSR count). The summed E-state index contributed by atoms with van der Waals surface area (Å²) in [6.07, 6.45) is 16.3. The Morgan fingerprint density at radius 3 is 2.59 bits per heavy atom. The van der Waals surface area contributed by atoms with Gasteiger partial charge in [0.1, 0.15) is 6.04 Å². The van der Waals surface area contributed by atoms with Crippen molar-refractivity contribution in [2.24, 2.45) is 29.6 Å². The van der Waals surface area contributed by atoms with Crippen molar-refractivity contribution in [3.05, 3.63) is 108 Å². The minimum Gasteiger partial charge on any atom is -0.480 e. The lowest BCUT2D eigenvalue weighted by Gasteiger charge is -2.36. The number of hydrogen-bond donors (Lipinski definition) is 6. The summed E-state index contributed by atoms with van der Waals surface area (Å²) in [5.74, 6) is -0.656. The molecule has 1 amide bonds. The number of carbonyl (C=O) groups excluding carboxylic acids is 2. The van der Waals surface area contributed by atoms with Gasteiger partial charge in [0, 0.05) is 41.6 Å². The molecule has 49 heavy (non-hydrogen) atoms. The van der Waals surface area contributed by atoms with Gasteiger partial charge in [-0.3, -0.25) is 9.59 Å². The molecule has 2 heterocycles. The van der Waals surface area contributed by atoms with Gasteiger partial charge in [-0.1, -0.05) is 68.5 Å². The van der Waals surface area contributed by atoms with Gasteiger partial charge in [0.15, 0.2) is 5.78 Å². The van der Waals surface area contributed by atoms with Gasteiger partial charge >= 0.3 is 5.97 Å². The van der Waals surface area contributed by atoms with Crippen molar-refractivity contribution in [1.82, 2.24) is 15.3 Å². The number of aliphatic carboxylic acids is 1. The van der Waals surface area contributed by atoms with Crippen molar-refractivity contribution in [2.45, 2.75) is 77.5 Å². The van der Waals surface area contributed by atoms with Gasteiger partial charge in [-0.2, -0.15) is 0 Å². The van der Waals surface area contributed by atoms with Gasteiger partial charge in [-0.15, -0.1) is 0 Å². The molecule has 260 valence electrons. The summed E-state index contributed by atoms with van der Waals surface area (Å²) in [7, 11) is 0. The third-order valence-electron chi connectivity index (χ3n) is 10.4. The maximum atomic E-state index is 13.7. The summed E-state index contributed by atoms with van der Waals surface area (Å²) < 4.78 is 0. The lowest BCUT2D eigenvalue weighted by molar-refractivity contribution is -0.142. The van der Waals surface area contributed by atoms with Gasteiger partial charge in [-0.05, 0) is 85.3 Å². The molecular weight excluding hydrogens is 618 g/mol. The highest BCUT2D eigenvalue weighted by molar-refractivity contribution is 5.97. The summed E-state index contributed by atoms with van der Waals surface area (Å²) in [6.45, 7) is 6.11. The van der Waals surface area contributed by atoms with Crippen molar-refractivity contribution < 1.29 is 29.7 Å². The van der Waals surface area contributed by atoms with E-state index >= 15 is 0 Å². The number of carbonyl (C=O) groups is 3. The number of aliphatic hydroxyl groups excluding tert-OH is 2. The van der Waals surface area contributed by atoms with Crippen molar-refractivity contribution in [3.8, 4) is 0 Å². The van der Waals surface area contributed by atoms with E-state index in [4.69, 9.17) is 0 Å². The van der Waals surface area contributed by atoms with Crippen molar-refractivity contribution in [3.63, 3.8) is 0 Å². The number of para-hydroxylation sites is 1. The minimum atomic E-state index is -1.15. The smallest absolute Gasteiger partial charge is 0.326 e. The standard InChI is InChI=1S/C40H49N3O6/c1-4-26(20-27-16-18-30-24(2)15-17-32(30)37(27)39(47)34-14-9-19-41-34)38(46)25(3)10-5-6-11-29(44)22-36(45)43-35(40(48)49)21-28-23-42-33-13-8-7-12-31(28)33/h5-10,12-14,16,18-20,23-24,27,29-30,32,35,37-38,41-42,44,46H,4,11,15,17,21-22H2,1-3H3,(H,43,45)(H,48,49)/b6-5-,25-10+,26-20+. The van der Waals surface area contributed by atoms with Crippen LogP contribution >= 0.6 is 0 Å². The van der Waals surface area contributed by atoms with Crippen LogP contribution in [0.2, 0.25) is 0 Å². The number of fused-ring (bicyclic) bond motifs is 2. The first kappa shape index (κ1) is 35.8. The van der Waals surface area contributed by atoms with E-state index in [-0.39, 0.29) is 42.8 Å². The van der Waals surface area contributed by atoms with E-state index in [1.165, 1.54) is 0 Å². The van der Waals surface area contributed by atoms with Crippen LogP contribution in [0.15, 0.2) is 96.4 Å². The SMILES string of the molecule is CC/C(=C\C1C=CC2C(C)CCC2C1C(=O)c1ccc[nH]1)C(O)/C(C)=C/C=C\CC(O)CC(=O)NC(Cc1c[nH]c2ccccc12)C(=O)O. The molecule has 1 saturated carbocycles. The Morgan fingerprint density at radius 2 is 1.86 bits per heavy atom. The number of hydrogen-bond acceptors (Lipinski definition) is 5. The van der Waals surface area contributed by atoms with Crippen LogP contribution in [0.3, 0.4) is 0 Å². The van der Waals surface area contributed by atoms with E-state index in [1.807, 2.05) is 50.2 Å². The Balaban J connectivity index is 1.17. The van der Waals surface area contributed by atoms with Gasteiger partial charge in [0.05, 0.1) is 24.3 Å². The molecule has 2 aliphatic carbocycles. The van der Waals surface area contributed by atoms with Crippen LogP contribution in [0.1, 0.15) is 68.9 Å². The third-order valence-corrected chi connectivity index (χ3v) is 10.4. The minimum absolute atomic E-state index is 0.111. The van der Waals surface area contributed by atoms with E-state index in [2.05, 4.69) is 40.4 Å². The predicted octanol–water partition coefficient (Wildman–Crippen LogP) is 6.30. The lowest BCUT2D eigenvalue weighted by Crippen LogP contribution is -2.43. The van der Waals surface area contributed by atoms with E-state index < -0.39 is 30.1 Å². The number of carboxylic acid groups (broad SMARTS) is 1. The molecule has 0 spiro atoms. The lowest BCUT2D eigenvalue weighted by atomic mass is 9.67. The zero-order valence-electron chi connectivity index (χ0n) is 28.5. The molecule has 0 aliphatic heterocycles. The maximum absolute atomic E-state index is 13.7. The Morgan fingerprint density at radius 1 is 1.06 bits per heavy atom. The second-order valence-electron chi connectivity index (χ2n) is 13.7. The number of nitrogens with one attached hydrogen (secondary N) is 3. The summed E-state index contributed by atoms with van der Waals surface area (Å²) in [4.78, 5) is 44.5. The Hall–Kier alpha value is -4.47. The van der Waals surface area contributed by atoms with Gasteiger partial charge in [-0.25, -0.2) is 4.79 Å². The summed E-state index contributed by atoms with van der Waals surface area (Å²) in [5.41, 5.74) is 3.87. The second-order valence-corrected chi connectivity index (χ2v) is 13.7. The number of Topliss-reactive ketones (excluding diaryl/α,β-unsaturated/α-hetero) is 1. The molecule has 0 bridgehead atoms.